The molecule has 0 amide bonds. The summed E-state index contributed by atoms with van der Waals surface area (Å²) < 4.78 is 41.1. The van der Waals surface area contributed by atoms with E-state index in [1.807, 2.05) is 0 Å². The first-order chi connectivity index (χ1) is 17.2. The number of piperidine rings is 1. The van der Waals surface area contributed by atoms with Crippen LogP contribution < -0.4 is 10.6 Å². The van der Waals surface area contributed by atoms with Crippen LogP contribution in [-0.4, -0.2) is 60.3 Å². The van der Waals surface area contributed by atoms with E-state index in [2.05, 4.69) is 39.3 Å². The minimum Gasteiger partial charge on any atom is -0.340 e. The summed E-state index contributed by atoms with van der Waals surface area (Å²) in [5.74, 6) is 1.19. The Morgan fingerprint density at radius 1 is 1.00 bits per heavy atom. The standard InChI is InChI=1S/C26H33FN6O2S/c1-19(2)18-33-16-13-23(14-17-33)32(3)36(34,35)24-10-8-22(9-11-24)30-26-28-15-12-25(31-26)29-21-6-4-20(27)5-7-21/h4-12,15,19,23H,13-14,16-18H2,1-3H3,(H2,28,29,30,31). The highest BCUT2D eigenvalue weighted by atomic mass is 32.2. The van der Waals surface area contributed by atoms with Gasteiger partial charge in [-0.2, -0.15) is 9.29 Å². The third kappa shape index (κ3) is 6.57. The van der Waals surface area contributed by atoms with Gasteiger partial charge >= 0.3 is 0 Å². The molecule has 1 saturated heterocycles. The van der Waals surface area contributed by atoms with Crippen molar-refractivity contribution in [3.05, 3.63) is 66.6 Å². The normalized spacial score (nSPS) is 15.4. The molecule has 0 saturated carbocycles. The van der Waals surface area contributed by atoms with Gasteiger partial charge in [-0.3, -0.25) is 0 Å². The molecule has 0 unspecified atom stereocenters. The van der Waals surface area contributed by atoms with Gasteiger partial charge in [-0.15, -0.1) is 0 Å². The van der Waals surface area contributed by atoms with E-state index in [0.717, 1.165) is 32.5 Å². The van der Waals surface area contributed by atoms with Gasteiger partial charge in [0.1, 0.15) is 11.6 Å². The van der Waals surface area contributed by atoms with Crippen LogP contribution >= 0.6 is 0 Å². The molecule has 192 valence electrons. The molecule has 0 aliphatic carbocycles. The largest absolute Gasteiger partial charge is 0.340 e. The summed E-state index contributed by atoms with van der Waals surface area (Å²) in [6, 6.07) is 14.3. The van der Waals surface area contributed by atoms with Gasteiger partial charge in [-0.25, -0.2) is 17.8 Å². The average Bonchev–Trinajstić information content (AvgIpc) is 2.86. The minimum atomic E-state index is -3.59. The quantitative estimate of drug-likeness (QED) is 0.424. The lowest BCUT2D eigenvalue weighted by molar-refractivity contribution is 0.156. The molecule has 3 aromatic rings. The minimum absolute atomic E-state index is 0.000890. The number of benzene rings is 2. The van der Waals surface area contributed by atoms with Gasteiger partial charge in [-0.1, -0.05) is 13.8 Å². The van der Waals surface area contributed by atoms with E-state index >= 15 is 0 Å². The van der Waals surface area contributed by atoms with Crippen LogP contribution in [0.1, 0.15) is 26.7 Å². The van der Waals surface area contributed by atoms with E-state index in [9.17, 15) is 12.8 Å². The lowest BCUT2D eigenvalue weighted by Crippen LogP contribution is -2.46. The van der Waals surface area contributed by atoms with Crippen LogP contribution in [0.3, 0.4) is 0 Å². The third-order valence-electron chi connectivity index (χ3n) is 6.25. The number of rotatable bonds is 9. The van der Waals surface area contributed by atoms with Crippen molar-refractivity contribution in [3.8, 4) is 0 Å². The van der Waals surface area contributed by atoms with Crippen molar-refractivity contribution in [3.63, 3.8) is 0 Å². The van der Waals surface area contributed by atoms with Crippen LogP contribution in [-0.2, 0) is 10.0 Å². The van der Waals surface area contributed by atoms with Crippen molar-refractivity contribution in [2.45, 2.75) is 37.6 Å². The second-order valence-corrected chi connectivity index (χ2v) is 11.5. The van der Waals surface area contributed by atoms with Crippen molar-refractivity contribution >= 4 is 33.2 Å². The molecule has 8 nitrogen and oxygen atoms in total. The summed E-state index contributed by atoms with van der Waals surface area (Å²) >= 11 is 0. The average molecular weight is 513 g/mol. The van der Waals surface area contributed by atoms with E-state index in [1.165, 1.54) is 16.4 Å². The SMILES string of the molecule is CC(C)CN1CCC(N(C)S(=O)(=O)c2ccc(Nc3nccc(Nc4ccc(F)cc4)n3)cc2)CC1. The summed E-state index contributed by atoms with van der Waals surface area (Å²) in [5.41, 5.74) is 1.36. The molecular weight excluding hydrogens is 479 g/mol. The first-order valence-corrected chi connectivity index (χ1v) is 13.6. The summed E-state index contributed by atoms with van der Waals surface area (Å²) in [4.78, 5) is 11.3. The van der Waals surface area contributed by atoms with Crippen LogP contribution in [0.15, 0.2) is 65.7 Å². The number of halogens is 1. The van der Waals surface area contributed by atoms with Crippen molar-refractivity contribution in [1.29, 1.82) is 0 Å². The van der Waals surface area contributed by atoms with Crippen LogP contribution in [0, 0.1) is 11.7 Å². The fourth-order valence-electron chi connectivity index (χ4n) is 4.35. The molecule has 1 fully saturated rings. The second kappa shape index (κ2) is 11.3. The molecule has 36 heavy (non-hydrogen) atoms. The van der Waals surface area contributed by atoms with Gasteiger partial charge in [0.15, 0.2) is 0 Å². The number of sulfonamides is 1. The Balaban J connectivity index is 1.38. The van der Waals surface area contributed by atoms with E-state index in [0.29, 0.717) is 29.1 Å². The third-order valence-corrected chi connectivity index (χ3v) is 8.18. The van der Waals surface area contributed by atoms with Crippen LogP contribution in [0.2, 0.25) is 0 Å². The van der Waals surface area contributed by atoms with E-state index < -0.39 is 10.0 Å². The molecule has 1 aliphatic heterocycles. The Labute approximate surface area is 212 Å². The molecule has 2 N–H and O–H groups in total. The summed E-state index contributed by atoms with van der Waals surface area (Å²) in [7, 11) is -1.92. The number of nitrogens with one attached hydrogen (secondary N) is 2. The van der Waals surface area contributed by atoms with Crippen molar-refractivity contribution in [2.75, 3.05) is 37.3 Å². The fourth-order valence-corrected chi connectivity index (χ4v) is 5.77. The van der Waals surface area contributed by atoms with Gasteiger partial charge in [-0.05, 0) is 86.4 Å². The van der Waals surface area contributed by atoms with Gasteiger partial charge in [0, 0.05) is 37.2 Å². The van der Waals surface area contributed by atoms with Crippen molar-refractivity contribution in [2.24, 2.45) is 5.92 Å². The highest BCUT2D eigenvalue weighted by molar-refractivity contribution is 7.89. The molecule has 0 radical (unpaired) electrons. The van der Waals surface area contributed by atoms with Gasteiger partial charge < -0.3 is 15.5 Å². The molecule has 0 bridgehead atoms. The number of hydrogen-bond donors (Lipinski definition) is 2. The smallest absolute Gasteiger partial charge is 0.243 e. The number of nitrogens with zero attached hydrogens (tertiary/aromatic N) is 4. The first-order valence-electron chi connectivity index (χ1n) is 12.1. The second-order valence-electron chi connectivity index (χ2n) is 9.49. The molecule has 0 atom stereocenters. The van der Waals surface area contributed by atoms with Gasteiger partial charge in [0.2, 0.25) is 16.0 Å². The zero-order valence-corrected chi connectivity index (χ0v) is 21.7. The number of likely N-dealkylation sites (tertiary alicyclic amines) is 1. The Kier molecular flexibility index (Phi) is 8.17. The predicted octanol–water partition coefficient (Wildman–Crippen LogP) is 4.84. The lowest BCUT2D eigenvalue weighted by atomic mass is 10.0. The molecule has 1 aliphatic rings. The highest BCUT2D eigenvalue weighted by Gasteiger charge is 2.30. The van der Waals surface area contributed by atoms with Crippen LogP contribution in [0.5, 0.6) is 0 Å². The monoisotopic (exact) mass is 512 g/mol. The highest BCUT2D eigenvalue weighted by Crippen LogP contribution is 2.25. The Hall–Kier alpha value is -3.08. The maximum absolute atomic E-state index is 13.2. The Morgan fingerprint density at radius 2 is 1.61 bits per heavy atom. The zero-order valence-electron chi connectivity index (χ0n) is 20.9. The number of hydrogen-bond acceptors (Lipinski definition) is 7. The number of anilines is 4. The number of aromatic nitrogens is 2. The molecular formula is C26H33FN6O2S. The Morgan fingerprint density at radius 3 is 2.25 bits per heavy atom. The summed E-state index contributed by atoms with van der Waals surface area (Å²) in [5, 5.41) is 6.19. The molecule has 4 rings (SSSR count). The van der Waals surface area contributed by atoms with Crippen molar-refractivity contribution in [1.82, 2.24) is 19.2 Å². The topological polar surface area (TPSA) is 90.5 Å². The summed E-state index contributed by atoms with van der Waals surface area (Å²) in [6.45, 7) is 7.29. The summed E-state index contributed by atoms with van der Waals surface area (Å²) in [6.07, 6.45) is 3.27. The molecule has 2 aromatic carbocycles. The molecule has 1 aromatic heterocycles. The van der Waals surface area contributed by atoms with Crippen molar-refractivity contribution < 1.29 is 12.8 Å². The van der Waals surface area contributed by atoms with Crippen LogP contribution in [0.4, 0.5) is 27.5 Å². The fraction of sp³-hybridized carbons (Fsp3) is 0.385. The Bertz CT molecular complexity index is 1240. The zero-order chi connectivity index (χ0) is 25.7. The lowest BCUT2D eigenvalue weighted by Gasteiger charge is -2.36. The van der Waals surface area contributed by atoms with E-state index in [4.69, 9.17) is 0 Å². The van der Waals surface area contributed by atoms with Gasteiger partial charge in [0.25, 0.3) is 0 Å². The van der Waals surface area contributed by atoms with Crippen LogP contribution in [0.25, 0.3) is 0 Å². The first kappa shape index (κ1) is 26.0. The van der Waals surface area contributed by atoms with E-state index in [-0.39, 0.29) is 16.8 Å². The van der Waals surface area contributed by atoms with E-state index in [1.54, 1.807) is 55.7 Å². The molecule has 10 heteroatoms. The maximum atomic E-state index is 13.2. The maximum Gasteiger partial charge on any atom is 0.243 e. The predicted molar refractivity (Wildman–Crippen MR) is 141 cm³/mol. The molecule has 0 spiro atoms. The molecule has 2 heterocycles. The van der Waals surface area contributed by atoms with Gasteiger partial charge in [0.05, 0.1) is 4.90 Å².